The first-order valence-corrected chi connectivity index (χ1v) is 9.76. The molecule has 3 aliphatic heterocycles. The standard InChI is InChI=1S/C17H27N3O5S/c1-7-12-11(8(2)21)16(23)20(12)13(17(24)25)14(7)26-9-5-10(18-6-9)15(22)19(3)4/h7-12,16,18,21,23H,5-6H2,1-4H3,(H,24,25)/t7-,8-,9+,10+,11-,12-,16+/m1/s1. The molecule has 0 saturated carbocycles. The van der Waals surface area contributed by atoms with Crippen molar-refractivity contribution in [1.29, 1.82) is 0 Å². The van der Waals surface area contributed by atoms with E-state index in [1.54, 1.807) is 25.9 Å². The number of carboxylic acid groups (broad SMARTS) is 1. The average Bonchev–Trinajstić information content (AvgIpc) is 3.09. The molecule has 9 heteroatoms. The van der Waals surface area contributed by atoms with E-state index in [9.17, 15) is 24.9 Å². The van der Waals surface area contributed by atoms with Gasteiger partial charge in [0.25, 0.3) is 0 Å². The number of carboxylic acids is 1. The number of hydrogen-bond acceptors (Lipinski definition) is 7. The highest BCUT2D eigenvalue weighted by Gasteiger charge is 2.59. The minimum Gasteiger partial charge on any atom is -0.477 e. The van der Waals surface area contributed by atoms with Crippen LogP contribution in [0.5, 0.6) is 0 Å². The van der Waals surface area contributed by atoms with Gasteiger partial charge < -0.3 is 30.4 Å². The average molecular weight is 385 g/mol. The van der Waals surface area contributed by atoms with E-state index in [1.807, 2.05) is 6.92 Å². The number of amides is 1. The Labute approximate surface area is 157 Å². The van der Waals surface area contributed by atoms with Crippen LogP contribution in [0, 0.1) is 11.8 Å². The second-order valence-corrected chi connectivity index (χ2v) is 8.95. The van der Waals surface area contributed by atoms with Gasteiger partial charge in [-0.15, -0.1) is 11.8 Å². The number of carbonyl (C=O) groups is 2. The number of nitrogens with one attached hydrogen (secondary N) is 1. The van der Waals surface area contributed by atoms with Crippen molar-refractivity contribution in [2.45, 2.75) is 49.9 Å². The van der Waals surface area contributed by atoms with Crippen molar-refractivity contribution in [1.82, 2.24) is 15.1 Å². The molecule has 3 heterocycles. The second-order valence-electron chi connectivity index (χ2n) is 7.61. The molecule has 7 atom stereocenters. The molecule has 2 fully saturated rings. The molecule has 0 aromatic carbocycles. The SMILES string of the molecule is C[C@@H](O)[C@@H]1[C@H]2[C@@H](C)C(S[C@@H]3CN[C@H](C(=O)N(C)C)C3)=C(C(=O)O)N2[C@H]1O. The Morgan fingerprint density at radius 1 is 1.38 bits per heavy atom. The summed E-state index contributed by atoms with van der Waals surface area (Å²) in [5.74, 6) is -1.48. The van der Waals surface area contributed by atoms with E-state index in [-0.39, 0.29) is 40.8 Å². The summed E-state index contributed by atoms with van der Waals surface area (Å²) < 4.78 is 0. The number of aliphatic carboxylic acids is 1. The monoisotopic (exact) mass is 385 g/mol. The fourth-order valence-corrected chi connectivity index (χ4v) is 5.85. The van der Waals surface area contributed by atoms with Crippen LogP contribution in [0.4, 0.5) is 0 Å². The molecule has 0 aromatic rings. The lowest BCUT2D eigenvalue weighted by molar-refractivity contribution is -0.192. The minimum atomic E-state index is -1.06. The van der Waals surface area contributed by atoms with E-state index >= 15 is 0 Å². The van der Waals surface area contributed by atoms with Gasteiger partial charge in [-0.3, -0.25) is 4.79 Å². The van der Waals surface area contributed by atoms with Gasteiger partial charge in [-0.2, -0.15) is 0 Å². The number of aliphatic hydroxyl groups is 2. The first-order chi connectivity index (χ1) is 12.1. The highest BCUT2D eigenvalue weighted by molar-refractivity contribution is 8.03. The van der Waals surface area contributed by atoms with Crippen LogP contribution >= 0.6 is 11.8 Å². The third-order valence-corrected chi connectivity index (χ3v) is 7.16. The number of rotatable bonds is 5. The van der Waals surface area contributed by atoms with E-state index in [0.29, 0.717) is 13.0 Å². The van der Waals surface area contributed by atoms with Crippen molar-refractivity contribution in [3.05, 3.63) is 10.6 Å². The van der Waals surface area contributed by atoms with E-state index in [4.69, 9.17) is 0 Å². The zero-order valence-corrected chi connectivity index (χ0v) is 16.2. The molecule has 2 saturated heterocycles. The van der Waals surface area contributed by atoms with Crippen molar-refractivity contribution in [3.8, 4) is 0 Å². The van der Waals surface area contributed by atoms with Crippen molar-refractivity contribution in [2.24, 2.45) is 11.8 Å². The summed E-state index contributed by atoms with van der Waals surface area (Å²) in [7, 11) is 3.44. The zero-order chi connectivity index (χ0) is 19.3. The molecular formula is C17H27N3O5S. The van der Waals surface area contributed by atoms with Crippen LogP contribution in [0.25, 0.3) is 0 Å². The van der Waals surface area contributed by atoms with Gasteiger partial charge in [0.1, 0.15) is 11.9 Å². The number of fused-ring (bicyclic) bond motifs is 1. The Hall–Kier alpha value is -1.29. The summed E-state index contributed by atoms with van der Waals surface area (Å²) in [5.41, 5.74) is 0.138. The van der Waals surface area contributed by atoms with Gasteiger partial charge in [0.15, 0.2) is 0 Å². The Morgan fingerprint density at radius 3 is 2.58 bits per heavy atom. The van der Waals surface area contributed by atoms with Gasteiger partial charge >= 0.3 is 5.97 Å². The molecule has 4 N–H and O–H groups in total. The number of carbonyl (C=O) groups excluding carboxylic acids is 1. The van der Waals surface area contributed by atoms with Crippen LogP contribution in [-0.4, -0.2) is 87.3 Å². The summed E-state index contributed by atoms with van der Waals surface area (Å²) in [5, 5.41) is 33.3. The molecule has 0 aromatic heterocycles. The highest BCUT2D eigenvalue weighted by Crippen LogP contribution is 2.53. The van der Waals surface area contributed by atoms with Gasteiger partial charge in [0.2, 0.25) is 5.91 Å². The maximum absolute atomic E-state index is 12.1. The predicted molar refractivity (Wildman–Crippen MR) is 97.1 cm³/mol. The second kappa shape index (κ2) is 7.03. The van der Waals surface area contributed by atoms with Crippen molar-refractivity contribution >= 4 is 23.6 Å². The third-order valence-electron chi connectivity index (χ3n) is 5.64. The zero-order valence-electron chi connectivity index (χ0n) is 15.4. The summed E-state index contributed by atoms with van der Waals surface area (Å²) in [6, 6.07) is -0.451. The third kappa shape index (κ3) is 3.00. The Morgan fingerprint density at radius 2 is 2.04 bits per heavy atom. The van der Waals surface area contributed by atoms with E-state index < -0.39 is 18.3 Å². The van der Waals surface area contributed by atoms with Crippen molar-refractivity contribution in [2.75, 3.05) is 20.6 Å². The normalized spacial score (nSPS) is 37.4. The lowest BCUT2D eigenvalue weighted by Gasteiger charge is -2.53. The number of thioether (sulfide) groups is 1. The van der Waals surface area contributed by atoms with Crippen LogP contribution in [0.15, 0.2) is 10.6 Å². The fraction of sp³-hybridized carbons (Fsp3) is 0.765. The number of aliphatic hydroxyl groups excluding tert-OH is 2. The summed E-state index contributed by atoms with van der Waals surface area (Å²) in [6.07, 6.45) is -1.04. The Balaban J connectivity index is 1.77. The van der Waals surface area contributed by atoms with Gasteiger partial charge in [-0.1, -0.05) is 6.92 Å². The summed E-state index contributed by atoms with van der Waals surface area (Å²) in [4.78, 5) is 27.8. The molecule has 0 spiro atoms. The van der Waals surface area contributed by atoms with Crippen LogP contribution in [0.1, 0.15) is 20.3 Å². The van der Waals surface area contributed by atoms with E-state index in [2.05, 4.69) is 5.32 Å². The summed E-state index contributed by atoms with van der Waals surface area (Å²) in [6.45, 7) is 4.20. The quantitative estimate of drug-likeness (QED) is 0.500. The lowest BCUT2D eigenvalue weighted by atomic mass is 9.78. The predicted octanol–water partition coefficient (Wildman–Crippen LogP) is -0.516. The molecule has 8 nitrogen and oxygen atoms in total. The Kier molecular flexibility index (Phi) is 5.26. The molecule has 146 valence electrons. The molecule has 0 bridgehead atoms. The van der Waals surface area contributed by atoms with E-state index in [0.717, 1.165) is 4.91 Å². The lowest BCUT2D eigenvalue weighted by Crippen LogP contribution is -2.66. The smallest absolute Gasteiger partial charge is 0.353 e. The molecule has 0 radical (unpaired) electrons. The van der Waals surface area contributed by atoms with Crippen LogP contribution in [0.2, 0.25) is 0 Å². The van der Waals surface area contributed by atoms with Gasteiger partial charge in [0.05, 0.1) is 18.1 Å². The molecule has 1 amide bonds. The van der Waals surface area contributed by atoms with Crippen LogP contribution in [0.3, 0.4) is 0 Å². The number of likely N-dealkylation sites (N-methyl/N-ethyl adjacent to an activating group) is 1. The summed E-state index contributed by atoms with van der Waals surface area (Å²) >= 11 is 1.49. The maximum atomic E-state index is 12.1. The van der Waals surface area contributed by atoms with Crippen LogP contribution in [-0.2, 0) is 9.59 Å². The molecule has 0 unspecified atom stereocenters. The first-order valence-electron chi connectivity index (χ1n) is 8.88. The molecule has 0 aliphatic carbocycles. The maximum Gasteiger partial charge on any atom is 0.353 e. The first kappa shape index (κ1) is 19.5. The Bertz CT molecular complexity index is 638. The largest absolute Gasteiger partial charge is 0.477 e. The topological polar surface area (TPSA) is 113 Å². The molecule has 3 aliphatic rings. The molecule has 26 heavy (non-hydrogen) atoms. The number of hydrogen-bond donors (Lipinski definition) is 4. The number of nitrogens with zero attached hydrogens (tertiary/aromatic N) is 2. The van der Waals surface area contributed by atoms with Gasteiger partial charge in [-0.05, 0) is 13.3 Å². The van der Waals surface area contributed by atoms with Crippen LogP contribution < -0.4 is 5.32 Å². The van der Waals surface area contributed by atoms with Gasteiger partial charge in [-0.25, -0.2) is 4.79 Å². The molecule has 3 rings (SSSR count). The molecular weight excluding hydrogens is 358 g/mol. The van der Waals surface area contributed by atoms with Gasteiger partial charge in [0, 0.05) is 42.8 Å². The van der Waals surface area contributed by atoms with Crippen molar-refractivity contribution < 1.29 is 24.9 Å². The highest BCUT2D eigenvalue weighted by atomic mass is 32.2. The van der Waals surface area contributed by atoms with E-state index in [1.165, 1.54) is 16.7 Å². The van der Waals surface area contributed by atoms with Crippen molar-refractivity contribution in [3.63, 3.8) is 0 Å². The fourth-order valence-electron chi connectivity index (χ4n) is 4.36. The minimum absolute atomic E-state index is 0.0217.